The third-order valence-electron chi connectivity index (χ3n) is 5.62. The smallest absolute Gasteiger partial charge is 0.433 e. The Hall–Kier alpha value is -1.99. The summed E-state index contributed by atoms with van der Waals surface area (Å²) in [7, 11) is 0. The molecule has 2 N–H and O–H groups in total. The molecule has 1 aliphatic carbocycles. The van der Waals surface area contributed by atoms with Gasteiger partial charge in [-0.05, 0) is 63.0 Å². The summed E-state index contributed by atoms with van der Waals surface area (Å²) >= 11 is 0. The van der Waals surface area contributed by atoms with Gasteiger partial charge in [-0.3, -0.25) is 4.98 Å². The van der Waals surface area contributed by atoms with Crippen LogP contribution in [0.3, 0.4) is 0 Å². The van der Waals surface area contributed by atoms with Crippen molar-refractivity contribution in [1.29, 1.82) is 0 Å². The Morgan fingerprint density at radius 2 is 1.92 bits per heavy atom. The van der Waals surface area contributed by atoms with Gasteiger partial charge in [-0.1, -0.05) is 0 Å². The molecular weight excluding hydrogens is 347 g/mol. The molecule has 8 heteroatoms. The number of anilines is 1. The average Bonchev–Trinajstić information content (AvgIpc) is 2.75. The van der Waals surface area contributed by atoms with E-state index >= 15 is 0 Å². The number of piperidine rings is 1. The van der Waals surface area contributed by atoms with Gasteiger partial charge in [-0.25, -0.2) is 4.79 Å². The Kier molecular flexibility index (Phi) is 4.79. The van der Waals surface area contributed by atoms with Gasteiger partial charge >= 0.3 is 12.3 Å². The van der Waals surface area contributed by atoms with Crippen molar-refractivity contribution in [3.63, 3.8) is 0 Å². The van der Waals surface area contributed by atoms with Gasteiger partial charge in [0.2, 0.25) is 0 Å². The van der Waals surface area contributed by atoms with E-state index in [0.29, 0.717) is 36.5 Å². The third-order valence-corrected chi connectivity index (χ3v) is 5.62. The van der Waals surface area contributed by atoms with Crippen LogP contribution in [-0.4, -0.2) is 34.8 Å². The van der Waals surface area contributed by atoms with Crippen LogP contribution < -0.4 is 10.2 Å². The summed E-state index contributed by atoms with van der Waals surface area (Å²) in [4.78, 5) is 16.4. The van der Waals surface area contributed by atoms with Gasteiger partial charge in [0.15, 0.2) is 0 Å². The first-order valence-electron chi connectivity index (χ1n) is 8.84. The van der Waals surface area contributed by atoms with Gasteiger partial charge in [0.05, 0.1) is 0 Å². The number of nitrogens with one attached hydrogen (secondary N) is 1. The Labute approximate surface area is 150 Å². The molecule has 1 saturated carbocycles. The van der Waals surface area contributed by atoms with Crippen LogP contribution in [0.15, 0.2) is 18.3 Å². The average molecular weight is 371 g/mol. The number of hydrogen-bond acceptors (Lipinski definition) is 3. The van der Waals surface area contributed by atoms with Crippen molar-refractivity contribution in [2.75, 3.05) is 18.0 Å². The molecule has 2 fully saturated rings. The van der Waals surface area contributed by atoms with Crippen LogP contribution in [0.5, 0.6) is 0 Å². The predicted octanol–water partition coefficient (Wildman–Crippen LogP) is 4.00. The lowest BCUT2D eigenvalue weighted by Gasteiger charge is -2.42. The molecule has 0 aromatic carbocycles. The molecule has 1 aliphatic heterocycles. The number of carbonyl (C=O) groups is 1. The number of pyridine rings is 1. The van der Waals surface area contributed by atoms with Crippen LogP contribution in [0.1, 0.15) is 38.8 Å². The second kappa shape index (κ2) is 6.63. The van der Waals surface area contributed by atoms with Crippen LogP contribution >= 0.6 is 0 Å². The van der Waals surface area contributed by atoms with E-state index < -0.39 is 23.5 Å². The number of hydrogen-bond donors (Lipinski definition) is 2. The van der Waals surface area contributed by atoms with Crippen molar-refractivity contribution in [3.05, 3.63) is 24.0 Å². The number of carboxylic acid groups (broad SMARTS) is 1. The molecule has 0 spiro atoms. The van der Waals surface area contributed by atoms with Crippen molar-refractivity contribution < 1.29 is 23.1 Å². The van der Waals surface area contributed by atoms with Gasteiger partial charge in [0.1, 0.15) is 5.69 Å². The fourth-order valence-corrected chi connectivity index (χ4v) is 4.58. The quantitative estimate of drug-likeness (QED) is 0.840. The zero-order valence-corrected chi connectivity index (χ0v) is 14.9. The van der Waals surface area contributed by atoms with E-state index in [4.69, 9.17) is 5.11 Å². The number of fused-ring (bicyclic) bond motifs is 2. The molecule has 144 valence electrons. The van der Waals surface area contributed by atoms with Gasteiger partial charge in [-0.15, -0.1) is 0 Å². The van der Waals surface area contributed by atoms with Crippen LogP contribution in [-0.2, 0) is 6.18 Å². The largest absolute Gasteiger partial charge is 0.465 e. The van der Waals surface area contributed by atoms with E-state index in [-0.39, 0.29) is 0 Å². The lowest BCUT2D eigenvalue weighted by Crippen LogP contribution is -2.49. The van der Waals surface area contributed by atoms with Crippen molar-refractivity contribution in [2.24, 2.45) is 17.8 Å². The zero-order chi connectivity index (χ0) is 19.1. The molecule has 2 aliphatic rings. The highest BCUT2D eigenvalue weighted by atomic mass is 19.4. The number of nitrogens with zero attached hydrogens (tertiary/aromatic N) is 2. The normalized spacial score (nSPS) is 26.0. The fraction of sp³-hybridized carbons (Fsp3) is 0.667. The first-order valence-corrected chi connectivity index (χ1v) is 8.84. The van der Waals surface area contributed by atoms with Gasteiger partial charge in [-0.2, -0.15) is 13.2 Å². The van der Waals surface area contributed by atoms with E-state index in [1.54, 1.807) is 6.07 Å². The first-order chi connectivity index (χ1) is 12.0. The standard InChI is InChI=1S/C18H24F3N3O2/c1-17(2,23-16(25)26)8-14-11-3-4-12(14)10-24(9-11)13-5-6-22-15(7-13)18(19,20)21/h5-7,11-12,14,23H,3-4,8-10H2,1-2H3,(H,25,26)/t11-,12+,14?. The Morgan fingerprint density at radius 3 is 2.46 bits per heavy atom. The highest BCUT2D eigenvalue weighted by Gasteiger charge is 2.44. The lowest BCUT2D eigenvalue weighted by atomic mass is 9.77. The lowest BCUT2D eigenvalue weighted by molar-refractivity contribution is -0.141. The Balaban J connectivity index is 1.72. The minimum Gasteiger partial charge on any atom is -0.465 e. The van der Waals surface area contributed by atoms with Gasteiger partial charge in [0.25, 0.3) is 0 Å². The van der Waals surface area contributed by atoms with Crippen molar-refractivity contribution in [2.45, 2.75) is 44.8 Å². The highest BCUT2D eigenvalue weighted by Crippen LogP contribution is 2.46. The van der Waals surface area contributed by atoms with Crippen molar-refractivity contribution >= 4 is 11.8 Å². The van der Waals surface area contributed by atoms with E-state index in [9.17, 15) is 18.0 Å². The second-order valence-electron chi connectivity index (χ2n) is 8.08. The molecule has 5 nitrogen and oxygen atoms in total. The summed E-state index contributed by atoms with van der Waals surface area (Å²) in [6.45, 7) is 5.16. The summed E-state index contributed by atoms with van der Waals surface area (Å²) in [6, 6.07) is 2.75. The molecule has 1 aromatic heterocycles. The number of aromatic nitrogens is 1. The maximum Gasteiger partial charge on any atom is 0.433 e. The van der Waals surface area contributed by atoms with Crippen LogP contribution in [0.25, 0.3) is 0 Å². The van der Waals surface area contributed by atoms with E-state index in [0.717, 1.165) is 25.3 Å². The van der Waals surface area contributed by atoms with Crippen LogP contribution in [0.4, 0.5) is 23.7 Å². The molecule has 1 saturated heterocycles. The number of alkyl halides is 3. The zero-order valence-electron chi connectivity index (χ0n) is 14.9. The van der Waals surface area contributed by atoms with E-state index in [2.05, 4.69) is 10.3 Å². The number of amides is 1. The Bertz CT molecular complexity index is 664. The van der Waals surface area contributed by atoms with Gasteiger partial charge in [0, 0.05) is 30.5 Å². The summed E-state index contributed by atoms with van der Waals surface area (Å²) in [5.41, 5.74) is -0.818. The minimum atomic E-state index is -4.44. The highest BCUT2D eigenvalue weighted by molar-refractivity contribution is 5.65. The summed E-state index contributed by atoms with van der Waals surface area (Å²) < 4.78 is 38.8. The monoisotopic (exact) mass is 371 g/mol. The predicted molar refractivity (Wildman–Crippen MR) is 91.0 cm³/mol. The SMILES string of the molecule is CC(C)(CC1[C@@H]2CC[C@H]1CN(c1ccnc(C(F)(F)F)c1)C2)NC(=O)O. The molecule has 2 heterocycles. The molecule has 26 heavy (non-hydrogen) atoms. The maximum absolute atomic E-state index is 12.9. The summed E-state index contributed by atoms with van der Waals surface area (Å²) in [5, 5.41) is 11.6. The molecule has 1 amide bonds. The number of rotatable bonds is 4. The van der Waals surface area contributed by atoms with E-state index in [1.807, 2.05) is 18.7 Å². The first kappa shape index (κ1) is 18.8. The van der Waals surface area contributed by atoms with Crippen molar-refractivity contribution in [1.82, 2.24) is 10.3 Å². The van der Waals surface area contributed by atoms with Crippen LogP contribution in [0, 0.1) is 17.8 Å². The second-order valence-corrected chi connectivity index (χ2v) is 8.08. The third kappa shape index (κ3) is 4.04. The summed E-state index contributed by atoms with van der Waals surface area (Å²) in [6.07, 6.45) is -1.45. The number of halogens is 3. The molecule has 1 aromatic rings. The molecule has 3 rings (SSSR count). The van der Waals surface area contributed by atoms with Crippen LogP contribution in [0.2, 0.25) is 0 Å². The fourth-order valence-electron chi connectivity index (χ4n) is 4.58. The molecule has 1 unspecified atom stereocenters. The van der Waals surface area contributed by atoms with Crippen molar-refractivity contribution in [3.8, 4) is 0 Å². The molecule has 3 atom stereocenters. The molecule has 2 bridgehead atoms. The van der Waals surface area contributed by atoms with E-state index in [1.165, 1.54) is 6.20 Å². The minimum absolute atomic E-state index is 0.367. The molecule has 0 radical (unpaired) electrons. The van der Waals surface area contributed by atoms with Gasteiger partial charge < -0.3 is 15.3 Å². The molecular formula is C18H24F3N3O2. The topological polar surface area (TPSA) is 65.5 Å². The summed E-state index contributed by atoms with van der Waals surface area (Å²) in [5.74, 6) is 1.12. The Morgan fingerprint density at radius 1 is 1.31 bits per heavy atom. The maximum atomic E-state index is 12.9.